The van der Waals surface area contributed by atoms with E-state index in [1.165, 1.54) is 6.42 Å². The summed E-state index contributed by atoms with van der Waals surface area (Å²) in [6, 6.07) is 2.02. The summed E-state index contributed by atoms with van der Waals surface area (Å²) < 4.78 is 10.0. The maximum Gasteiger partial charge on any atom is 0.349 e. The van der Waals surface area contributed by atoms with Crippen molar-refractivity contribution in [1.29, 1.82) is 0 Å². The van der Waals surface area contributed by atoms with Crippen molar-refractivity contribution in [2.45, 2.75) is 51.9 Å². The smallest absolute Gasteiger partial charge is 0.349 e. The van der Waals surface area contributed by atoms with Crippen LogP contribution in [0.2, 0.25) is 0 Å². The molecular formula is C21H26O8. The molecule has 0 saturated heterocycles. The largest absolute Gasteiger partial charge is 0.492 e. The number of carbonyl (C=O) groups excluding carboxylic acids is 2. The van der Waals surface area contributed by atoms with Gasteiger partial charge in [0.05, 0.1) is 12.2 Å². The standard InChI is InChI=1S/C21H26O8/c1-3-5-6-7-8-9-10-13-28-18-15(21(27)29-16(22)4-2)12-11-14(19(23)24)17(18)20(25)26/h4,11-12H,2-3,5-10,13H2,1H3,(H,23,24)(H,25,26). The van der Waals surface area contributed by atoms with Crippen LogP contribution in [-0.4, -0.2) is 40.7 Å². The van der Waals surface area contributed by atoms with Crippen LogP contribution < -0.4 is 4.74 Å². The van der Waals surface area contributed by atoms with Crippen molar-refractivity contribution < 1.29 is 38.9 Å². The fraction of sp³-hybridized carbons (Fsp3) is 0.429. The summed E-state index contributed by atoms with van der Waals surface area (Å²) in [5.74, 6) is -5.65. The molecule has 0 spiro atoms. The Bertz CT molecular complexity index is 766. The van der Waals surface area contributed by atoms with Crippen molar-refractivity contribution in [3.8, 4) is 5.75 Å². The van der Waals surface area contributed by atoms with Gasteiger partial charge in [-0.2, -0.15) is 0 Å². The highest BCUT2D eigenvalue weighted by Gasteiger charge is 2.28. The third-order valence-electron chi connectivity index (χ3n) is 4.18. The quantitative estimate of drug-likeness (QED) is 0.217. The Morgan fingerprint density at radius 1 is 0.931 bits per heavy atom. The summed E-state index contributed by atoms with van der Waals surface area (Å²) in [6.07, 6.45) is 7.78. The van der Waals surface area contributed by atoms with Gasteiger partial charge in [0.2, 0.25) is 0 Å². The molecule has 0 fully saturated rings. The molecule has 8 heteroatoms. The van der Waals surface area contributed by atoms with Crippen molar-refractivity contribution in [2.24, 2.45) is 0 Å². The number of carboxylic acid groups (broad SMARTS) is 2. The predicted molar refractivity (Wildman–Crippen MR) is 104 cm³/mol. The molecule has 0 amide bonds. The molecule has 1 aromatic rings. The molecule has 8 nitrogen and oxygen atoms in total. The Morgan fingerprint density at radius 3 is 2.07 bits per heavy atom. The van der Waals surface area contributed by atoms with Crippen LogP contribution in [0, 0.1) is 0 Å². The number of carboxylic acids is 2. The molecule has 0 aliphatic heterocycles. The molecule has 2 N–H and O–H groups in total. The highest BCUT2D eigenvalue weighted by atomic mass is 16.6. The third kappa shape index (κ3) is 7.40. The molecule has 0 radical (unpaired) electrons. The Labute approximate surface area is 169 Å². The molecule has 0 aliphatic carbocycles. The van der Waals surface area contributed by atoms with E-state index in [2.05, 4.69) is 18.2 Å². The molecular weight excluding hydrogens is 380 g/mol. The van der Waals surface area contributed by atoms with Gasteiger partial charge in [0.1, 0.15) is 16.9 Å². The van der Waals surface area contributed by atoms with Gasteiger partial charge in [-0.25, -0.2) is 19.2 Å². The number of ether oxygens (including phenoxy) is 2. The highest BCUT2D eigenvalue weighted by Crippen LogP contribution is 2.29. The predicted octanol–water partition coefficient (Wildman–Crippen LogP) is 4.08. The first-order valence-corrected chi connectivity index (χ1v) is 9.48. The van der Waals surface area contributed by atoms with Crippen LogP contribution in [0.3, 0.4) is 0 Å². The molecule has 0 aliphatic rings. The minimum atomic E-state index is -1.57. The van der Waals surface area contributed by atoms with Gasteiger partial charge in [0, 0.05) is 6.08 Å². The lowest BCUT2D eigenvalue weighted by molar-refractivity contribution is -0.132. The number of rotatable bonds is 13. The second-order valence-electron chi connectivity index (χ2n) is 6.36. The fourth-order valence-corrected chi connectivity index (χ4v) is 2.71. The molecule has 0 atom stereocenters. The van der Waals surface area contributed by atoms with E-state index in [0.29, 0.717) is 6.42 Å². The highest BCUT2D eigenvalue weighted by molar-refractivity contribution is 6.09. The van der Waals surface area contributed by atoms with Gasteiger partial charge in [-0.3, -0.25) is 0 Å². The van der Waals surface area contributed by atoms with Gasteiger partial charge >= 0.3 is 23.9 Å². The van der Waals surface area contributed by atoms with E-state index < -0.39 is 40.8 Å². The molecule has 0 heterocycles. The van der Waals surface area contributed by atoms with Gasteiger partial charge in [0.15, 0.2) is 0 Å². The Morgan fingerprint density at radius 2 is 1.52 bits per heavy atom. The first kappa shape index (κ1) is 23.9. The number of hydrogen-bond donors (Lipinski definition) is 2. The molecule has 1 aromatic carbocycles. The van der Waals surface area contributed by atoms with E-state index in [9.17, 15) is 29.4 Å². The summed E-state index contributed by atoms with van der Waals surface area (Å²) in [5, 5.41) is 18.7. The zero-order valence-corrected chi connectivity index (χ0v) is 16.4. The van der Waals surface area contributed by atoms with Gasteiger partial charge in [-0.15, -0.1) is 0 Å². The summed E-state index contributed by atoms with van der Waals surface area (Å²) in [5.41, 5.74) is -1.54. The monoisotopic (exact) mass is 406 g/mol. The molecule has 0 aromatic heterocycles. The SMILES string of the molecule is C=CC(=O)OC(=O)c1ccc(C(=O)O)c(C(=O)O)c1OCCCCCCCCC. The number of carbonyl (C=O) groups is 4. The lowest BCUT2D eigenvalue weighted by atomic mass is 10.0. The van der Waals surface area contributed by atoms with Crippen molar-refractivity contribution in [3.05, 3.63) is 41.5 Å². The maximum absolute atomic E-state index is 12.2. The van der Waals surface area contributed by atoms with Gasteiger partial charge in [-0.1, -0.05) is 52.0 Å². The van der Waals surface area contributed by atoms with Crippen LogP contribution in [-0.2, 0) is 9.53 Å². The zero-order chi connectivity index (χ0) is 21.8. The zero-order valence-electron chi connectivity index (χ0n) is 16.4. The average molecular weight is 406 g/mol. The fourth-order valence-electron chi connectivity index (χ4n) is 2.71. The number of esters is 2. The van der Waals surface area contributed by atoms with Gasteiger partial charge < -0.3 is 19.7 Å². The average Bonchev–Trinajstić information content (AvgIpc) is 2.68. The lowest BCUT2D eigenvalue weighted by Gasteiger charge is -2.15. The van der Waals surface area contributed by atoms with Crippen molar-refractivity contribution in [3.63, 3.8) is 0 Å². The van der Waals surface area contributed by atoms with E-state index in [-0.39, 0.29) is 12.2 Å². The minimum Gasteiger partial charge on any atom is -0.492 e. The Hall–Kier alpha value is -3.16. The van der Waals surface area contributed by atoms with Crippen LogP contribution in [0.1, 0.15) is 82.9 Å². The first-order chi connectivity index (χ1) is 13.8. The first-order valence-electron chi connectivity index (χ1n) is 9.48. The minimum absolute atomic E-state index is 0.0901. The normalized spacial score (nSPS) is 10.2. The van der Waals surface area contributed by atoms with Gasteiger partial charge in [0.25, 0.3) is 0 Å². The van der Waals surface area contributed by atoms with Crippen molar-refractivity contribution >= 4 is 23.9 Å². The summed E-state index contributed by atoms with van der Waals surface area (Å²) in [6.45, 7) is 5.40. The molecule has 29 heavy (non-hydrogen) atoms. The van der Waals surface area contributed by atoms with Crippen LogP contribution in [0.5, 0.6) is 5.75 Å². The number of benzene rings is 1. The third-order valence-corrected chi connectivity index (χ3v) is 4.18. The number of aromatic carboxylic acids is 2. The number of unbranched alkanes of at least 4 members (excludes halogenated alkanes) is 6. The second kappa shape index (κ2) is 12.3. The summed E-state index contributed by atoms with van der Waals surface area (Å²) >= 11 is 0. The van der Waals surface area contributed by atoms with Crippen molar-refractivity contribution in [1.82, 2.24) is 0 Å². The number of hydrogen-bond acceptors (Lipinski definition) is 6. The van der Waals surface area contributed by atoms with Crippen LogP contribution in [0.4, 0.5) is 0 Å². The van der Waals surface area contributed by atoms with Crippen LogP contribution in [0.15, 0.2) is 24.8 Å². The van der Waals surface area contributed by atoms with E-state index in [1.54, 1.807) is 0 Å². The van der Waals surface area contributed by atoms with Gasteiger partial charge in [-0.05, 0) is 18.6 Å². The molecule has 1 rings (SSSR count). The van der Waals surface area contributed by atoms with Crippen molar-refractivity contribution in [2.75, 3.05) is 6.61 Å². The summed E-state index contributed by atoms with van der Waals surface area (Å²) in [7, 11) is 0. The van der Waals surface area contributed by atoms with Crippen LogP contribution in [0.25, 0.3) is 0 Å². The maximum atomic E-state index is 12.2. The summed E-state index contributed by atoms with van der Waals surface area (Å²) in [4.78, 5) is 46.6. The van der Waals surface area contributed by atoms with Crippen LogP contribution >= 0.6 is 0 Å². The molecule has 0 bridgehead atoms. The van der Waals surface area contributed by atoms with E-state index in [1.807, 2.05) is 0 Å². The lowest BCUT2D eigenvalue weighted by Crippen LogP contribution is -2.17. The second-order valence-corrected chi connectivity index (χ2v) is 6.36. The molecule has 158 valence electrons. The molecule has 0 saturated carbocycles. The topological polar surface area (TPSA) is 127 Å². The van der Waals surface area contributed by atoms with E-state index in [0.717, 1.165) is 50.3 Å². The molecule has 0 unspecified atom stereocenters. The Balaban J connectivity index is 3.02. The Kier molecular flexibility index (Phi) is 10.2. The van der Waals surface area contributed by atoms with E-state index in [4.69, 9.17) is 4.74 Å². The van der Waals surface area contributed by atoms with E-state index >= 15 is 0 Å².